The summed E-state index contributed by atoms with van der Waals surface area (Å²) in [5, 5.41) is 0. The monoisotopic (exact) mass is 327 g/mol. The maximum atomic E-state index is 13.3. The van der Waals surface area contributed by atoms with Gasteiger partial charge in [0.15, 0.2) is 0 Å². The highest BCUT2D eigenvalue weighted by molar-refractivity contribution is 5.84. The molecule has 3 heteroatoms. The lowest BCUT2D eigenvalue weighted by Gasteiger charge is -2.50. The van der Waals surface area contributed by atoms with Crippen molar-refractivity contribution in [3.8, 4) is 0 Å². The highest BCUT2D eigenvalue weighted by Gasteiger charge is 2.52. The Bertz CT molecular complexity index is 604. The van der Waals surface area contributed by atoms with Crippen LogP contribution < -0.4 is 5.73 Å². The maximum absolute atomic E-state index is 13.3. The fraction of sp³-hybridized carbons (Fsp3) is 0.571. The second-order valence-corrected chi connectivity index (χ2v) is 7.68. The smallest absolute Gasteiger partial charge is 0.317 e. The minimum atomic E-state index is -0.479. The zero-order chi connectivity index (χ0) is 17.2. The molecule has 0 amide bonds. The number of carbonyl (C=O) groups is 1. The molecule has 1 aromatic rings. The molecular formula is C21H29NO2. The number of nitrogens with two attached hydrogens (primary N) is 1. The summed E-state index contributed by atoms with van der Waals surface area (Å²) in [5.74, 6) is 0.147. The first-order valence-corrected chi connectivity index (χ1v) is 9.18. The average molecular weight is 327 g/mol. The van der Waals surface area contributed by atoms with Gasteiger partial charge < -0.3 is 10.5 Å². The van der Waals surface area contributed by atoms with Crippen molar-refractivity contribution in [1.82, 2.24) is 0 Å². The van der Waals surface area contributed by atoms with Gasteiger partial charge in [-0.1, -0.05) is 61.7 Å². The van der Waals surface area contributed by atoms with E-state index in [2.05, 4.69) is 18.7 Å². The number of esters is 1. The molecule has 0 bridgehead atoms. The number of rotatable bonds is 5. The van der Waals surface area contributed by atoms with E-state index >= 15 is 0 Å². The second kappa shape index (κ2) is 6.72. The lowest BCUT2D eigenvalue weighted by atomic mass is 9.64. The van der Waals surface area contributed by atoms with Gasteiger partial charge in [0.25, 0.3) is 0 Å². The molecule has 0 aromatic heterocycles. The van der Waals surface area contributed by atoms with Crippen LogP contribution in [0.2, 0.25) is 0 Å². The first-order valence-electron chi connectivity index (χ1n) is 9.18. The molecule has 24 heavy (non-hydrogen) atoms. The van der Waals surface area contributed by atoms with Crippen LogP contribution in [0.15, 0.2) is 42.5 Å². The third-order valence-electron chi connectivity index (χ3n) is 6.01. The molecule has 2 atom stereocenters. The molecule has 2 aliphatic carbocycles. The minimum Gasteiger partial charge on any atom is -0.458 e. The normalized spacial score (nSPS) is 28.9. The van der Waals surface area contributed by atoms with Gasteiger partial charge >= 0.3 is 5.97 Å². The molecule has 2 fully saturated rings. The Morgan fingerprint density at radius 3 is 2.50 bits per heavy atom. The van der Waals surface area contributed by atoms with E-state index in [0.717, 1.165) is 49.7 Å². The SMILES string of the molecule is C=C1CC(C)(OC(=O)C2(c3ccccc3)CCCCC2)C1CCN. The summed E-state index contributed by atoms with van der Waals surface area (Å²) in [4.78, 5) is 13.3. The van der Waals surface area contributed by atoms with Crippen LogP contribution in [0.4, 0.5) is 0 Å². The van der Waals surface area contributed by atoms with E-state index in [0.29, 0.717) is 6.54 Å². The predicted molar refractivity (Wildman–Crippen MR) is 96.6 cm³/mol. The minimum absolute atomic E-state index is 0.0505. The quantitative estimate of drug-likeness (QED) is 0.654. The van der Waals surface area contributed by atoms with E-state index in [9.17, 15) is 4.79 Å². The van der Waals surface area contributed by atoms with Crippen LogP contribution in [0.1, 0.15) is 57.4 Å². The summed E-state index contributed by atoms with van der Waals surface area (Å²) in [6.45, 7) is 6.75. The Morgan fingerprint density at radius 1 is 1.25 bits per heavy atom. The molecule has 3 rings (SSSR count). The Morgan fingerprint density at radius 2 is 1.92 bits per heavy atom. The van der Waals surface area contributed by atoms with Gasteiger partial charge in [-0.05, 0) is 38.3 Å². The second-order valence-electron chi connectivity index (χ2n) is 7.68. The molecule has 2 unspecified atom stereocenters. The predicted octanol–water partition coefficient (Wildman–Crippen LogP) is 4.12. The van der Waals surface area contributed by atoms with E-state index in [1.54, 1.807) is 0 Å². The van der Waals surface area contributed by atoms with Crippen LogP contribution in [0.5, 0.6) is 0 Å². The van der Waals surface area contributed by atoms with Gasteiger partial charge in [0, 0.05) is 12.3 Å². The molecule has 130 valence electrons. The van der Waals surface area contributed by atoms with Crippen molar-refractivity contribution in [2.24, 2.45) is 11.7 Å². The first kappa shape index (κ1) is 17.2. The van der Waals surface area contributed by atoms with Gasteiger partial charge in [-0.2, -0.15) is 0 Å². The number of benzene rings is 1. The standard InChI is InChI=1S/C21H29NO2/c1-16-15-20(2,18(16)11-14-22)24-19(23)21(12-7-4-8-13-21)17-9-5-3-6-10-17/h3,5-6,9-10,18H,1,4,7-8,11-15,22H2,2H3. The molecule has 2 aliphatic rings. The van der Waals surface area contributed by atoms with Crippen molar-refractivity contribution in [2.75, 3.05) is 6.54 Å². The van der Waals surface area contributed by atoms with Gasteiger partial charge in [0.2, 0.25) is 0 Å². The molecule has 0 spiro atoms. The summed E-state index contributed by atoms with van der Waals surface area (Å²) in [7, 11) is 0. The van der Waals surface area contributed by atoms with Crippen molar-refractivity contribution >= 4 is 5.97 Å². The van der Waals surface area contributed by atoms with Crippen molar-refractivity contribution < 1.29 is 9.53 Å². The van der Waals surface area contributed by atoms with E-state index in [1.165, 1.54) is 6.42 Å². The Balaban J connectivity index is 1.84. The topological polar surface area (TPSA) is 52.3 Å². The van der Waals surface area contributed by atoms with Gasteiger partial charge in [0.1, 0.15) is 5.60 Å². The van der Waals surface area contributed by atoms with Gasteiger partial charge in [-0.3, -0.25) is 4.79 Å². The average Bonchev–Trinajstić information content (AvgIpc) is 2.61. The zero-order valence-electron chi connectivity index (χ0n) is 14.7. The fourth-order valence-electron chi connectivity index (χ4n) is 4.61. The summed E-state index contributed by atoms with van der Waals surface area (Å²) in [5.41, 5.74) is 7.08. The molecule has 1 aromatic carbocycles. The third kappa shape index (κ3) is 2.90. The number of carbonyl (C=O) groups excluding carboxylic acids is 1. The molecule has 2 saturated carbocycles. The van der Waals surface area contributed by atoms with Crippen LogP contribution in [0, 0.1) is 5.92 Å². The molecule has 0 radical (unpaired) electrons. The van der Waals surface area contributed by atoms with Crippen molar-refractivity contribution in [2.45, 2.75) is 62.9 Å². The third-order valence-corrected chi connectivity index (χ3v) is 6.01. The summed E-state index contributed by atoms with van der Waals surface area (Å²) >= 11 is 0. The highest BCUT2D eigenvalue weighted by atomic mass is 16.6. The zero-order valence-corrected chi connectivity index (χ0v) is 14.7. The number of hydrogen-bond acceptors (Lipinski definition) is 3. The molecule has 3 nitrogen and oxygen atoms in total. The van der Waals surface area contributed by atoms with E-state index in [4.69, 9.17) is 10.5 Å². The lowest BCUT2D eigenvalue weighted by molar-refractivity contribution is -0.178. The molecule has 0 saturated heterocycles. The van der Waals surface area contributed by atoms with Crippen molar-refractivity contribution in [3.63, 3.8) is 0 Å². The Labute approximate surface area is 145 Å². The molecule has 2 N–H and O–H groups in total. The van der Waals surface area contributed by atoms with E-state index in [-0.39, 0.29) is 11.9 Å². The molecule has 0 heterocycles. The van der Waals surface area contributed by atoms with Crippen molar-refractivity contribution in [1.29, 1.82) is 0 Å². The van der Waals surface area contributed by atoms with E-state index in [1.807, 2.05) is 25.1 Å². The van der Waals surface area contributed by atoms with Crippen LogP contribution in [0.25, 0.3) is 0 Å². The molecule has 0 aliphatic heterocycles. The Hall–Kier alpha value is -1.61. The van der Waals surface area contributed by atoms with E-state index < -0.39 is 11.0 Å². The fourth-order valence-corrected chi connectivity index (χ4v) is 4.61. The van der Waals surface area contributed by atoms with Gasteiger partial charge in [0.05, 0.1) is 5.41 Å². The summed E-state index contributed by atoms with van der Waals surface area (Å²) in [6, 6.07) is 10.2. The maximum Gasteiger partial charge on any atom is 0.317 e. The number of ether oxygens (including phenoxy) is 1. The molecular weight excluding hydrogens is 298 g/mol. The summed E-state index contributed by atoms with van der Waals surface area (Å²) < 4.78 is 6.15. The first-order chi connectivity index (χ1) is 11.5. The Kier molecular flexibility index (Phi) is 4.82. The van der Waals surface area contributed by atoms with Crippen molar-refractivity contribution in [3.05, 3.63) is 48.0 Å². The lowest BCUT2D eigenvalue weighted by Crippen LogP contribution is -2.53. The highest BCUT2D eigenvalue weighted by Crippen LogP contribution is 2.49. The van der Waals surface area contributed by atoms with Gasteiger partial charge in [-0.25, -0.2) is 0 Å². The van der Waals surface area contributed by atoms with Crippen LogP contribution in [-0.2, 0) is 14.9 Å². The van der Waals surface area contributed by atoms with Crippen LogP contribution in [-0.4, -0.2) is 18.1 Å². The summed E-state index contributed by atoms with van der Waals surface area (Å²) in [6.07, 6.45) is 6.73. The largest absolute Gasteiger partial charge is 0.458 e. The number of hydrogen-bond donors (Lipinski definition) is 1. The van der Waals surface area contributed by atoms with Gasteiger partial charge in [-0.15, -0.1) is 0 Å². The van der Waals surface area contributed by atoms with Crippen LogP contribution in [0.3, 0.4) is 0 Å². The van der Waals surface area contributed by atoms with Crippen LogP contribution >= 0.6 is 0 Å².